The number of nitrogens with zero attached hydrogens (tertiary/aromatic N) is 2. The molecule has 1 heterocycles. The zero-order valence-corrected chi connectivity index (χ0v) is 13.8. The van der Waals surface area contributed by atoms with Crippen LogP contribution >= 0.6 is 0 Å². The zero-order chi connectivity index (χ0) is 14.1. The Kier molecular flexibility index (Phi) is 27.6. The standard InChI is InChI=1S/C6H15N.C5H11N.2C2H6/c1-4-5-6-7(2)3;1-6-4-2-3-5-6;2*1-2/h4-6H2,1-3H3;2-5H2,1H3;2*1-2H3. The molecule has 0 spiro atoms. The summed E-state index contributed by atoms with van der Waals surface area (Å²) in [6.07, 6.45) is 5.46. The Hall–Kier alpha value is -0.0800. The van der Waals surface area contributed by atoms with Crippen LogP contribution < -0.4 is 0 Å². The molecule has 0 bridgehead atoms. The summed E-state index contributed by atoms with van der Waals surface area (Å²) in [5.74, 6) is 0. The number of hydrogen-bond acceptors (Lipinski definition) is 2. The highest BCUT2D eigenvalue weighted by Crippen LogP contribution is 2.02. The number of likely N-dealkylation sites (tertiary alicyclic amines) is 1. The van der Waals surface area contributed by atoms with E-state index in [4.69, 9.17) is 0 Å². The third kappa shape index (κ3) is 25.9. The Labute approximate surface area is 111 Å². The number of unbranched alkanes of at least 4 members (excludes halogenated alkanes) is 1. The van der Waals surface area contributed by atoms with E-state index < -0.39 is 0 Å². The van der Waals surface area contributed by atoms with E-state index in [0.717, 1.165) is 0 Å². The summed E-state index contributed by atoms with van der Waals surface area (Å²) >= 11 is 0. The van der Waals surface area contributed by atoms with Crippen LogP contribution in [0.5, 0.6) is 0 Å². The van der Waals surface area contributed by atoms with Gasteiger partial charge in [-0.25, -0.2) is 0 Å². The van der Waals surface area contributed by atoms with Gasteiger partial charge in [0.1, 0.15) is 0 Å². The van der Waals surface area contributed by atoms with Gasteiger partial charge in [-0.15, -0.1) is 0 Å². The monoisotopic (exact) mass is 246 g/mol. The van der Waals surface area contributed by atoms with Crippen LogP contribution in [0.4, 0.5) is 0 Å². The molecule has 0 atom stereocenters. The highest BCUT2D eigenvalue weighted by atomic mass is 15.1. The summed E-state index contributed by atoms with van der Waals surface area (Å²) < 4.78 is 0. The topological polar surface area (TPSA) is 6.48 Å². The second kappa shape index (κ2) is 21.2. The quantitative estimate of drug-likeness (QED) is 0.739. The molecule has 1 fully saturated rings. The van der Waals surface area contributed by atoms with E-state index in [-0.39, 0.29) is 0 Å². The minimum atomic E-state index is 1.23. The van der Waals surface area contributed by atoms with Gasteiger partial charge in [-0.3, -0.25) is 0 Å². The Morgan fingerprint density at radius 1 is 0.941 bits per heavy atom. The lowest BCUT2D eigenvalue weighted by Gasteiger charge is -2.05. The van der Waals surface area contributed by atoms with Crippen LogP contribution in [-0.2, 0) is 0 Å². The lowest BCUT2D eigenvalue weighted by atomic mass is 10.3. The molecule has 17 heavy (non-hydrogen) atoms. The van der Waals surface area contributed by atoms with Crippen molar-refractivity contribution < 1.29 is 0 Å². The first-order valence-electron chi connectivity index (χ1n) is 7.50. The van der Waals surface area contributed by atoms with Crippen LogP contribution in [0.1, 0.15) is 60.3 Å². The van der Waals surface area contributed by atoms with Crippen molar-refractivity contribution in [3.63, 3.8) is 0 Å². The van der Waals surface area contributed by atoms with E-state index in [1.54, 1.807) is 0 Å². The van der Waals surface area contributed by atoms with Gasteiger partial charge in [0.25, 0.3) is 0 Å². The van der Waals surface area contributed by atoms with Gasteiger partial charge in [0.15, 0.2) is 0 Å². The first kappa shape index (κ1) is 22.1. The van der Waals surface area contributed by atoms with E-state index >= 15 is 0 Å². The zero-order valence-electron chi connectivity index (χ0n) is 13.8. The van der Waals surface area contributed by atoms with Gasteiger partial charge in [-0.2, -0.15) is 0 Å². The van der Waals surface area contributed by atoms with Crippen molar-refractivity contribution in [1.82, 2.24) is 9.80 Å². The average molecular weight is 246 g/mol. The molecular weight excluding hydrogens is 208 g/mol. The molecular formula is C15H38N2. The maximum Gasteiger partial charge on any atom is -0.00213 e. The molecule has 0 aromatic carbocycles. The molecule has 1 aliphatic rings. The lowest BCUT2D eigenvalue weighted by Crippen LogP contribution is -2.12. The fraction of sp³-hybridized carbons (Fsp3) is 1.00. The van der Waals surface area contributed by atoms with Gasteiger partial charge >= 0.3 is 0 Å². The second-order valence-corrected chi connectivity index (χ2v) is 4.17. The van der Waals surface area contributed by atoms with E-state index in [9.17, 15) is 0 Å². The van der Waals surface area contributed by atoms with Crippen molar-refractivity contribution in [3.05, 3.63) is 0 Å². The normalized spacial score (nSPS) is 13.9. The minimum Gasteiger partial charge on any atom is -0.309 e. The fourth-order valence-electron chi connectivity index (χ4n) is 1.35. The van der Waals surface area contributed by atoms with Crippen molar-refractivity contribution in [2.24, 2.45) is 0 Å². The number of rotatable bonds is 3. The highest BCUT2D eigenvalue weighted by molar-refractivity contribution is 4.59. The van der Waals surface area contributed by atoms with Gasteiger partial charge in [0, 0.05) is 0 Å². The van der Waals surface area contributed by atoms with Crippen molar-refractivity contribution in [1.29, 1.82) is 0 Å². The predicted molar refractivity (Wildman–Crippen MR) is 82.9 cm³/mol. The summed E-state index contributed by atoms with van der Waals surface area (Å²) in [6, 6.07) is 0. The molecule has 0 unspecified atom stereocenters. The van der Waals surface area contributed by atoms with Crippen molar-refractivity contribution in [2.45, 2.75) is 60.3 Å². The maximum atomic E-state index is 2.36. The fourth-order valence-corrected chi connectivity index (χ4v) is 1.35. The van der Waals surface area contributed by atoms with Crippen LogP contribution in [0.3, 0.4) is 0 Å². The molecule has 0 aromatic rings. The Bertz CT molecular complexity index is 97.1. The Morgan fingerprint density at radius 3 is 1.47 bits per heavy atom. The van der Waals surface area contributed by atoms with E-state index in [2.05, 4.69) is 37.9 Å². The van der Waals surface area contributed by atoms with Crippen LogP contribution in [0.2, 0.25) is 0 Å². The third-order valence-electron chi connectivity index (χ3n) is 2.29. The van der Waals surface area contributed by atoms with Crippen molar-refractivity contribution in [2.75, 3.05) is 40.8 Å². The maximum absolute atomic E-state index is 2.36. The molecule has 108 valence electrons. The minimum absolute atomic E-state index is 1.23. The average Bonchev–Trinajstić information content (AvgIpc) is 2.83. The first-order valence-corrected chi connectivity index (χ1v) is 7.50. The van der Waals surface area contributed by atoms with Gasteiger partial charge in [-0.1, -0.05) is 41.0 Å². The molecule has 0 radical (unpaired) electrons. The summed E-state index contributed by atoms with van der Waals surface area (Å²) in [5, 5.41) is 0. The largest absolute Gasteiger partial charge is 0.309 e. The third-order valence-corrected chi connectivity index (χ3v) is 2.29. The SMILES string of the molecule is CC.CC.CCCCN(C)C.CN1CCCC1. The summed E-state index contributed by atoms with van der Waals surface area (Å²) in [7, 11) is 6.39. The van der Waals surface area contributed by atoms with Crippen molar-refractivity contribution in [3.8, 4) is 0 Å². The molecule has 0 saturated carbocycles. The molecule has 2 heteroatoms. The Balaban J connectivity index is -0.000000179. The van der Waals surface area contributed by atoms with Crippen LogP contribution in [0.25, 0.3) is 0 Å². The number of hydrogen-bond donors (Lipinski definition) is 0. The highest BCUT2D eigenvalue weighted by Gasteiger charge is 2.03. The molecule has 0 amide bonds. The first-order chi connectivity index (χ1) is 8.16. The van der Waals surface area contributed by atoms with Crippen LogP contribution in [0.15, 0.2) is 0 Å². The van der Waals surface area contributed by atoms with E-state index in [1.165, 1.54) is 45.3 Å². The lowest BCUT2D eigenvalue weighted by molar-refractivity contribution is 0.398. The summed E-state index contributed by atoms with van der Waals surface area (Å²) in [4.78, 5) is 4.57. The molecule has 0 N–H and O–H groups in total. The smallest absolute Gasteiger partial charge is 0.00213 e. The van der Waals surface area contributed by atoms with Gasteiger partial charge in [-0.05, 0) is 60.0 Å². The molecule has 0 aromatic heterocycles. The molecule has 1 aliphatic heterocycles. The van der Waals surface area contributed by atoms with Crippen molar-refractivity contribution >= 4 is 0 Å². The predicted octanol–water partition coefficient (Wildman–Crippen LogP) is 4.11. The summed E-state index contributed by atoms with van der Waals surface area (Å²) in [5.41, 5.74) is 0. The second-order valence-electron chi connectivity index (χ2n) is 4.17. The van der Waals surface area contributed by atoms with E-state index in [0.29, 0.717) is 0 Å². The molecule has 1 saturated heterocycles. The van der Waals surface area contributed by atoms with Crippen LogP contribution in [0, 0.1) is 0 Å². The van der Waals surface area contributed by atoms with Gasteiger partial charge < -0.3 is 9.80 Å². The molecule has 2 nitrogen and oxygen atoms in total. The van der Waals surface area contributed by atoms with E-state index in [1.807, 2.05) is 27.7 Å². The Morgan fingerprint density at radius 2 is 1.35 bits per heavy atom. The summed E-state index contributed by atoms with van der Waals surface area (Å²) in [6.45, 7) is 14.1. The molecule has 0 aliphatic carbocycles. The van der Waals surface area contributed by atoms with Crippen LogP contribution in [-0.4, -0.2) is 50.6 Å². The van der Waals surface area contributed by atoms with Gasteiger partial charge in [0.2, 0.25) is 0 Å². The van der Waals surface area contributed by atoms with Gasteiger partial charge in [0.05, 0.1) is 0 Å². The molecule has 1 rings (SSSR count).